The van der Waals surface area contributed by atoms with Crippen molar-refractivity contribution in [3.63, 3.8) is 0 Å². The summed E-state index contributed by atoms with van der Waals surface area (Å²) in [6.45, 7) is 11.3. The number of ether oxygens (including phenoxy) is 4. The van der Waals surface area contributed by atoms with Crippen LogP contribution in [0, 0.1) is 0 Å². The van der Waals surface area contributed by atoms with E-state index in [0.29, 0.717) is 6.61 Å². The Balaban J connectivity index is 2.09. The molecule has 0 aliphatic rings. The number of aliphatic hydroxyl groups excluding tert-OH is 1. The molecule has 0 fully saturated rings. The van der Waals surface area contributed by atoms with Gasteiger partial charge in [-0.1, -0.05) is 60.7 Å². The largest absolute Gasteiger partial charge is 0.444 e. The fourth-order valence-corrected chi connectivity index (χ4v) is 3.51. The molecular formula is C30H44N2O7. The van der Waals surface area contributed by atoms with Crippen molar-refractivity contribution in [1.82, 2.24) is 10.6 Å². The number of hydrogen-bond acceptors (Lipinski definition) is 7. The van der Waals surface area contributed by atoms with Crippen LogP contribution in [0.5, 0.6) is 0 Å². The van der Waals surface area contributed by atoms with E-state index < -0.39 is 41.7 Å². The van der Waals surface area contributed by atoms with Crippen LogP contribution in [0.25, 0.3) is 0 Å². The minimum Gasteiger partial charge on any atom is -0.444 e. The van der Waals surface area contributed by atoms with E-state index in [2.05, 4.69) is 10.6 Å². The van der Waals surface area contributed by atoms with Gasteiger partial charge in [0.2, 0.25) is 0 Å². The Kier molecular flexibility index (Phi) is 12.7. The van der Waals surface area contributed by atoms with Crippen LogP contribution in [-0.4, -0.2) is 59.9 Å². The van der Waals surface area contributed by atoms with Gasteiger partial charge in [0.1, 0.15) is 17.3 Å². The number of rotatable bonds is 13. The van der Waals surface area contributed by atoms with Crippen molar-refractivity contribution in [1.29, 1.82) is 0 Å². The van der Waals surface area contributed by atoms with E-state index in [0.717, 1.165) is 11.1 Å². The second kappa shape index (κ2) is 15.5. The lowest BCUT2D eigenvalue weighted by Crippen LogP contribution is -2.45. The van der Waals surface area contributed by atoms with Gasteiger partial charge in [0.15, 0.2) is 0 Å². The van der Waals surface area contributed by atoms with Gasteiger partial charge in [-0.25, -0.2) is 9.59 Å². The van der Waals surface area contributed by atoms with Crippen molar-refractivity contribution in [2.75, 3.05) is 13.1 Å². The van der Waals surface area contributed by atoms with Gasteiger partial charge in [-0.3, -0.25) is 0 Å². The first kappa shape index (κ1) is 32.1. The van der Waals surface area contributed by atoms with Gasteiger partial charge in [-0.05, 0) is 52.7 Å². The number of benzene rings is 2. The molecule has 0 spiro atoms. The topological polar surface area (TPSA) is 115 Å². The molecule has 39 heavy (non-hydrogen) atoms. The Morgan fingerprint density at radius 3 is 1.62 bits per heavy atom. The fourth-order valence-electron chi connectivity index (χ4n) is 3.51. The molecule has 9 heteroatoms. The zero-order chi connectivity index (χ0) is 28.9. The maximum absolute atomic E-state index is 12.3. The Morgan fingerprint density at radius 2 is 1.15 bits per heavy atom. The highest BCUT2D eigenvalue weighted by Gasteiger charge is 2.27. The normalized spacial score (nSPS) is 14.1. The maximum Gasteiger partial charge on any atom is 0.407 e. The summed E-state index contributed by atoms with van der Waals surface area (Å²) in [6, 6.07) is 19.2. The lowest BCUT2D eigenvalue weighted by Gasteiger charge is -2.28. The van der Waals surface area contributed by atoms with Gasteiger partial charge in [-0.2, -0.15) is 0 Å². The zero-order valence-corrected chi connectivity index (χ0v) is 23.9. The van der Waals surface area contributed by atoms with E-state index in [1.807, 2.05) is 60.7 Å². The molecule has 216 valence electrons. The van der Waals surface area contributed by atoms with Crippen LogP contribution in [0.15, 0.2) is 60.7 Å². The van der Waals surface area contributed by atoms with E-state index in [1.54, 1.807) is 41.5 Å². The average molecular weight is 545 g/mol. The summed E-state index contributed by atoms with van der Waals surface area (Å²) in [6.07, 6.45) is -3.39. The molecule has 2 aromatic rings. The van der Waals surface area contributed by atoms with E-state index in [9.17, 15) is 14.7 Å². The van der Waals surface area contributed by atoms with Crippen LogP contribution in [0.3, 0.4) is 0 Å². The highest BCUT2D eigenvalue weighted by atomic mass is 16.6. The Hall–Kier alpha value is -3.14. The van der Waals surface area contributed by atoms with Gasteiger partial charge in [0.05, 0.1) is 25.4 Å². The van der Waals surface area contributed by atoms with Gasteiger partial charge < -0.3 is 34.7 Å². The molecule has 0 bridgehead atoms. The summed E-state index contributed by atoms with van der Waals surface area (Å²) in [5.41, 5.74) is 0.577. The molecule has 2 rings (SSSR count). The minimum atomic E-state index is -1.02. The van der Waals surface area contributed by atoms with E-state index >= 15 is 0 Å². The number of nitrogens with one attached hydrogen (secondary N) is 2. The standard InChI is InChI=1S/C30H44N2O7/c1-29(2,3)38-27(34)31-18-24(36-20-22-13-9-7-10-14-22)17-25(33)26(19-32-28(35)39-30(4,5)6)37-21-23-15-11-8-12-16-23/h7-16,24-26,33H,17-21H2,1-6H3,(H,31,34)(H,32,35)/t24-,25-,26+/m0/s1. The second-order valence-corrected chi connectivity index (χ2v) is 11.3. The molecule has 3 N–H and O–H groups in total. The van der Waals surface area contributed by atoms with E-state index in [-0.39, 0.29) is 26.1 Å². The molecule has 0 radical (unpaired) electrons. The number of carbonyl (C=O) groups excluding carboxylic acids is 2. The predicted octanol–water partition coefficient (Wildman–Crippen LogP) is 4.96. The summed E-state index contributed by atoms with van der Waals surface area (Å²) in [7, 11) is 0. The fraction of sp³-hybridized carbons (Fsp3) is 0.533. The first-order chi connectivity index (χ1) is 18.3. The molecule has 2 aromatic carbocycles. The van der Waals surface area contributed by atoms with Gasteiger partial charge in [0, 0.05) is 19.5 Å². The summed E-state index contributed by atoms with van der Waals surface area (Å²) >= 11 is 0. The maximum atomic E-state index is 12.3. The van der Waals surface area contributed by atoms with Crippen molar-refractivity contribution in [2.24, 2.45) is 0 Å². The Labute approximate surface area is 232 Å². The third kappa shape index (κ3) is 14.6. The number of carbonyl (C=O) groups is 2. The monoisotopic (exact) mass is 544 g/mol. The third-order valence-electron chi connectivity index (χ3n) is 5.29. The highest BCUT2D eigenvalue weighted by molar-refractivity contribution is 5.68. The Bertz CT molecular complexity index is 988. The summed E-state index contributed by atoms with van der Waals surface area (Å²) in [4.78, 5) is 24.5. The molecule has 0 aliphatic carbocycles. The van der Waals surface area contributed by atoms with Crippen LogP contribution in [0.2, 0.25) is 0 Å². The van der Waals surface area contributed by atoms with Gasteiger partial charge >= 0.3 is 12.2 Å². The smallest absolute Gasteiger partial charge is 0.407 e. The number of aliphatic hydroxyl groups is 1. The van der Waals surface area contributed by atoms with E-state index in [4.69, 9.17) is 18.9 Å². The molecular weight excluding hydrogens is 500 g/mol. The summed E-state index contributed by atoms with van der Waals surface area (Å²) in [5, 5.41) is 16.6. The number of hydrogen-bond donors (Lipinski definition) is 3. The summed E-state index contributed by atoms with van der Waals surface area (Å²) in [5.74, 6) is 0. The molecule has 0 saturated carbocycles. The Morgan fingerprint density at radius 1 is 0.718 bits per heavy atom. The molecule has 0 unspecified atom stereocenters. The van der Waals surface area contributed by atoms with Gasteiger partial charge in [0.25, 0.3) is 0 Å². The lowest BCUT2D eigenvalue weighted by atomic mass is 10.1. The lowest BCUT2D eigenvalue weighted by molar-refractivity contribution is -0.0727. The molecule has 3 atom stereocenters. The number of amides is 2. The van der Waals surface area contributed by atoms with Crippen LogP contribution in [0.1, 0.15) is 59.1 Å². The van der Waals surface area contributed by atoms with Crippen molar-refractivity contribution in [3.05, 3.63) is 71.8 Å². The molecule has 0 aromatic heterocycles. The van der Waals surface area contributed by atoms with Crippen LogP contribution < -0.4 is 10.6 Å². The highest BCUT2D eigenvalue weighted by Crippen LogP contribution is 2.15. The predicted molar refractivity (Wildman–Crippen MR) is 149 cm³/mol. The van der Waals surface area contributed by atoms with Gasteiger partial charge in [-0.15, -0.1) is 0 Å². The van der Waals surface area contributed by atoms with Crippen molar-refractivity contribution in [3.8, 4) is 0 Å². The minimum absolute atomic E-state index is 0.0216. The molecule has 0 saturated heterocycles. The van der Waals surface area contributed by atoms with Crippen molar-refractivity contribution < 1.29 is 33.6 Å². The van der Waals surface area contributed by atoms with E-state index in [1.165, 1.54) is 0 Å². The van der Waals surface area contributed by atoms with Crippen LogP contribution in [-0.2, 0) is 32.2 Å². The molecule has 9 nitrogen and oxygen atoms in total. The molecule has 0 aliphatic heterocycles. The second-order valence-electron chi connectivity index (χ2n) is 11.3. The molecule has 2 amide bonds. The third-order valence-corrected chi connectivity index (χ3v) is 5.29. The SMILES string of the molecule is CC(C)(C)OC(=O)NC[C@H](C[C@H](O)[C@@H](CNC(=O)OC(C)(C)C)OCc1ccccc1)OCc1ccccc1. The van der Waals surface area contributed by atoms with Crippen molar-refractivity contribution >= 4 is 12.2 Å². The average Bonchev–Trinajstić information content (AvgIpc) is 2.84. The first-order valence-corrected chi connectivity index (χ1v) is 13.2. The summed E-state index contributed by atoms with van der Waals surface area (Å²) < 4.78 is 22.8. The van der Waals surface area contributed by atoms with Crippen LogP contribution >= 0.6 is 0 Å². The quantitative estimate of drug-likeness (QED) is 0.327. The zero-order valence-electron chi connectivity index (χ0n) is 23.9. The first-order valence-electron chi connectivity index (χ1n) is 13.2. The number of alkyl carbamates (subject to hydrolysis) is 2. The van der Waals surface area contributed by atoms with Crippen molar-refractivity contribution in [2.45, 2.75) is 90.7 Å². The van der Waals surface area contributed by atoms with Crippen LogP contribution in [0.4, 0.5) is 9.59 Å². The molecule has 0 heterocycles.